The lowest BCUT2D eigenvalue weighted by Gasteiger charge is -2.21. The highest BCUT2D eigenvalue weighted by molar-refractivity contribution is 7.89. The Balaban J connectivity index is 3.57. The lowest BCUT2D eigenvalue weighted by Crippen LogP contribution is -2.31. The highest BCUT2D eigenvalue weighted by Crippen LogP contribution is 2.35. The molecule has 0 bridgehead atoms. The molecule has 0 spiro atoms. The second kappa shape index (κ2) is 5.61. The number of alkyl halides is 3. The first kappa shape index (κ1) is 16.8. The van der Waals surface area contributed by atoms with E-state index in [0.29, 0.717) is 6.07 Å². The van der Waals surface area contributed by atoms with Crippen LogP contribution in [-0.4, -0.2) is 25.8 Å². The number of benzene rings is 1. The number of halogens is 3. The minimum atomic E-state index is -4.64. The summed E-state index contributed by atoms with van der Waals surface area (Å²) in [5.74, 6) is 0. The summed E-state index contributed by atoms with van der Waals surface area (Å²) in [6, 6.07) is 1.38. The van der Waals surface area contributed by atoms with Crippen molar-refractivity contribution in [1.82, 2.24) is 4.31 Å². The number of nitrogen functional groups attached to an aromatic ring is 1. The lowest BCUT2D eigenvalue weighted by atomic mass is 10.1. The van der Waals surface area contributed by atoms with Gasteiger partial charge >= 0.3 is 6.18 Å². The molecule has 1 aromatic rings. The number of hydrogen-bond donors (Lipinski definition) is 1. The van der Waals surface area contributed by atoms with Gasteiger partial charge in [-0.2, -0.15) is 17.5 Å². The van der Waals surface area contributed by atoms with E-state index in [1.807, 2.05) is 0 Å². The van der Waals surface area contributed by atoms with Gasteiger partial charge in [0, 0.05) is 18.8 Å². The first-order valence-electron chi connectivity index (χ1n) is 6.03. The fourth-order valence-corrected chi connectivity index (χ4v) is 3.58. The normalized spacial score (nSPS) is 12.9. The third-order valence-corrected chi connectivity index (χ3v) is 5.23. The molecule has 0 saturated heterocycles. The Bertz CT molecular complexity index is 593. The molecule has 0 saturated carbocycles. The second-order valence-electron chi connectivity index (χ2n) is 4.28. The molecule has 0 aliphatic rings. The van der Waals surface area contributed by atoms with Crippen LogP contribution in [0.4, 0.5) is 18.9 Å². The highest BCUT2D eigenvalue weighted by atomic mass is 32.2. The quantitative estimate of drug-likeness (QED) is 0.870. The summed E-state index contributed by atoms with van der Waals surface area (Å²) in [6.45, 7) is 4.98. The van der Waals surface area contributed by atoms with Gasteiger partial charge in [0.2, 0.25) is 10.0 Å². The number of sulfonamides is 1. The van der Waals surface area contributed by atoms with Crippen LogP contribution in [0.2, 0.25) is 0 Å². The van der Waals surface area contributed by atoms with Gasteiger partial charge in [0.15, 0.2) is 0 Å². The van der Waals surface area contributed by atoms with E-state index >= 15 is 0 Å². The third kappa shape index (κ3) is 3.06. The molecule has 0 unspecified atom stereocenters. The summed E-state index contributed by atoms with van der Waals surface area (Å²) < 4.78 is 64.1. The number of nitrogens with zero attached hydrogens (tertiary/aromatic N) is 1. The zero-order chi connectivity index (χ0) is 15.7. The standard InChI is InChI=1S/C12H17F3N2O2S/c1-4-17(5-2)20(18,19)11-7-9(12(13,14)15)6-10(16)8(11)3/h6-7H,4-5,16H2,1-3H3. The van der Waals surface area contributed by atoms with Gasteiger partial charge in [-0.3, -0.25) is 0 Å². The Morgan fingerprint density at radius 2 is 1.70 bits per heavy atom. The van der Waals surface area contributed by atoms with Gasteiger partial charge in [-0.05, 0) is 24.6 Å². The molecule has 0 radical (unpaired) electrons. The SMILES string of the molecule is CCN(CC)S(=O)(=O)c1cc(C(F)(F)F)cc(N)c1C. The van der Waals surface area contributed by atoms with Gasteiger partial charge < -0.3 is 5.73 Å². The van der Waals surface area contributed by atoms with Crippen LogP contribution >= 0.6 is 0 Å². The minimum absolute atomic E-state index is 0.130. The summed E-state index contributed by atoms with van der Waals surface area (Å²) in [5.41, 5.74) is 4.39. The first-order valence-corrected chi connectivity index (χ1v) is 7.47. The molecule has 114 valence electrons. The van der Waals surface area contributed by atoms with E-state index in [1.165, 1.54) is 6.92 Å². The molecule has 0 aromatic heterocycles. The van der Waals surface area contributed by atoms with Crippen molar-refractivity contribution in [3.05, 3.63) is 23.3 Å². The fraction of sp³-hybridized carbons (Fsp3) is 0.500. The number of rotatable bonds is 4. The van der Waals surface area contributed by atoms with Crippen molar-refractivity contribution in [1.29, 1.82) is 0 Å². The second-order valence-corrected chi connectivity index (χ2v) is 6.18. The van der Waals surface area contributed by atoms with Crippen LogP contribution < -0.4 is 5.73 Å². The topological polar surface area (TPSA) is 63.4 Å². The predicted octanol–water partition coefficient (Wildman–Crippen LogP) is 2.63. The smallest absolute Gasteiger partial charge is 0.398 e. The van der Waals surface area contributed by atoms with Gasteiger partial charge in [0.1, 0.15) is 0 Å². The largest absolute Gasteiger partial charge is 0.416 e. The first-order chi connectivity index (χ1) is 9.05. The van der Waals surface area contributed by atoms with Gasteiger partial charge in [0.05, 0.1) is 10.5 Å². The van der Waals surface area contributed by atoms with Crippen LogP contribution in [0.5, 0.6) is 0 Å². The molecule has 0 amide bonds. The Kier molecular flexibility index (Phi) is 4.70. The van der Waals surface area contributed by atoms with Gasteiger partial charge in [-0.15, -0.1) is 0 Å². The average molecular weight is 310 g/mol. The van der Waals surface area contributed by atoms with Gasteiger partial charge in [0.25, 0.3) is 0 Å². The molecule has 8 heteroatoms. The van der Waals surface area contributed by atoms with Gasteiger partial charge in [-0.25, -0.2) is 8.42 Å². The zero-order valence-electron chi connectivity index (χ0n) is 11.5. The van der Waals surface area contributed by atoms with Gasteiger partial charge in [-0.1, -0.05) is 13.8 Å². The molecule has 0 aliphatic carbocycles. The van der Waals surface area contributed by atoms with E-state index < -0.39 is 26.7 Å². The summed E-state index contributed by atoms with van der Waals surface area (Å²) >= 11 is 0. The van der Waals surface area contributed by atoms with E-state index in [4.69, 9.17) is 5.73 Å². The van der Waals surface area contributed by atoms with E-state index in [-0.39, 0.29) is 24.3 Å². The molecule has 0 fully saturated rings. The van der Waals surface area contributed by atoms with Crippen molar-refractivity contribution in [2.75, 3.05) is 18.8 Å². The fourth-order valence-electron chi connectivity index (χ4n) is 1.84. The maximum absolute atomic E-state index is 12.8. The van der Waals surface area contributed by atoms with E-state index in [2.05, 4.69) is 0 Å². The summed E-state index contributed by atoms with van der Waals surface area (Å²) in [4.78, 5) is -0.395. The lowest BCUT2D eigenvalue weighted by molar-refractivity contribution is -0.137. The maximum atomic E-state index is 12.8. The zero-order valence-corrected chi connectivity index (χ0v) is 12.3. The van der Waals surface area contributed by atoms with E-state index in [1.54, 1.807) is 13.8 Å². The van der Waals surface area contributed by atoms with Crippen molar-refractivity contribution in [3.8, 4) is 0 Å². The van der Waals surface area contributed by atoms with Crippen LogP contribution in [0.25, 0.3) is 0 Å². The molecular weight excluding hydrogens is 293 g/mol. The predicted molar refractivity (Wildman–Crippen MR) is 70.7 cm³/mol. The van der Waals surface area contributed by atoms with Crippen LogP contribution in [-0.2, 0) is 16.2 Å². The third-order valence-electron chi connectivity index (χ3n) is 3.05. The molecule has 0 heterocycles. The van der Waals surface area contributed by atoms with Crippen molar-refractivity contribution < 1.29 is 21.6 Å². The highest BCUT2D eigenvalue weighted by Gasteiger charge is 2.34. The van der Waals surface area contributed by atoms with E-state index in [9.17, 15) is 21.6 Å². The van der Waals surface area contributed by atoms with Crippen LogP contribution in [0.15, 0.2) is 17.0 Å². The summed E-state index contributed by atoms with van der Waals surface area (Å²) in [5, 5.41) is 0. The summed E-state index contributed by atoms with van der Waals surface area (Å²) in [6.07, 6.45) is -4.64. The Hall–Kier alpha value is -1.28. The monoisotopic (exact) mass is 310 g/mol. The Labute approximate surface area is 116 Å². The van der Waals surface area contributed by atoms with Crippen molar-refractivity contribution in [3.63, 3.8) is 0 Å². The van der Waals surface area contributed by atoms with Crippen LogP contribution in [0.1, 0.15) is 25.0 Å². The molecule has 1 rings (SSSR count). The number of hydrogen-bond acceptors (Lipinski definition) is 3. The molecule has 2 N–H and O–H groups in total. The Morgan fingerprint density at radius 1 is 1.20 bits per heavy atom. The summed E-state index contributed by atoms with van der Waals surface area (Å²) in [7, 11) is -3.98. The molecule has 1 aromatic carbocycles. The van der Waals surface area contributed by atoms with Crippen molar-refractivity contribution in [2.24, 2.45) is 0 Å². The molecule has 4 nitrogen and oxygen atoms in total. The average Bonchev–Trinajstić information content (AvgIpc) is 2.31. The number of anilines is 1. The van der Waals surface area contributed by atoms with Crippen LogP contribution in [0, 0.1) is 6.92 Å². The Morgan fingerprint density at radius 3 is 2.10 bits per heavy atom. The minimum Gasteiger partial charge on any atom is -0.398 e. The molecular formula is C12H17F3N2O2S. The van der Waals surface area contributed by atoms with Crippen molar-refractivity contribution in [2.45, 2.75) is 31.8 Å². The van der Waals surface area contributed by atoms with Crippen molar-refractivity contribution >= 4 is 15.7 Å². The molecule has 0 atom stereocenters. The van der Waals surface area contributed by atoms with E-state index in [0.717, 1.165) is 10.4 Å². The maximum Gasteiger partial charge on any atom is 0.416 e. The molecule has 0 aliphatic heterocycles. The number of nitrogens with two attached hydrogens (primary N) is 1. The van der Waals surface area contributed by atoms with Crippen LogP contribution in [0.3, 0.4) is 0 Å². The molecule has 20 heavy (non-hydrogen) atoms.